The number of aryl methyl sites for hydroxylation is 1. The lowest BCUT2D eigenvalue weighted by atomic mass is 10.1. The topological polar surface area (TPSA) is 46.4 Å². The summed E-state index contributed by atoms with van der Waals surface area (Å²) in [6, 6.07) is 14.9. The highest BCUT2D eigenvalue weighted by Crippen LogP contribution is 2.33. The molecule has 4 aromatic rings. The summed E-state index contributed by atoms with van der Waals surface area (Å²) in [5.74, 6) is -0.0382. The summed E-state index contributed by atoms with van der Waals surface area (Å²) in [6.45, 7) is 1.95. The quantitative estimate of drug-likeness (QED) is 0.438. The van der Waals surface area contributed by atoms with Gasteiger partial charge >= 0.3 is 0 Å². The third-order valence-electron chi connectivity index (χ3n) is 4.57. The first kappa shape index (κ1) is 19.4. The maximum absolute atomic E-state index is 13.1. The number of carbonyl (C=O) groups excluding carboxylic acids is 1. The molecule has 0 aliphatic rings. The van der Waals surface area contributed by atoms with Crippen LogP contribution in [0.5, 0.6) is 0 Å². The van der Waals surface area contributed by atoms with Gasteiger partial charge in [-0.25, -0.2) is 9.37 Å². The van der Waals surface area contributed by atoms with Crippen LogP contribution in [-0.2, 0) is 11.2 Å². The minimum atomic E-state index is -0.340. The number of rotatable bonds is 4. The summed E-state index contributed by atoms with van der Waals surface area (Å²) in [5.41, 5.74) is 3.73. The molecule has 2 aromatic heterocycles. The van der Waals surface area contributed by atoms with Crippen molar-refractivity contribution >= 4 is 40.6 Å². The zero-order valence-corrected chi connectivity index (χ0v) is 16.9. The van der Waals surface area contributed by atoms with E-state index in [-0.39, 0.29) is 18.1 Å². The Bertz CT molecular complexity index is 1220. The number of nitrogens with zero attached hydrogens (tertiary/aromatic N) is 2. The number of nitrogens with one attached hydrogen (secondary N) is 1. The summed E-state index contributed by atoms with van der Waals surface area (Å²) in [6.07, 6.45) is 1.95. The first-order valence-electron chi connectivity index (χ1n) is 8.90. The third kappa shape index (κ3) is 3.97. The second-order valence-electron chi connectivity index (χ2n) is 6.67. The number of pyridine rings is 1. The zero-order valence-electron chi connectivity index (χ0n) is 15.4. The van der Waals surface area contributed by atoms with Crippen molar-refractivity contribution in [3.8, 4) is 11.3 Å². The third-order valence-corrected chi connectivity index (χ3v) is 5.31. The van der Waals surface area contributed by atoms with E-state index in [1.807, 2.05) is 29.7 Å². The fourth-order valence-corrected chi connectivity index (χ4v) is 3.43. The zero-order chi connectivity index (χ0) is 20.5. The van der Waals surface area contributed by atoms with Gasteiger partial charge in [-0.1, -0.05) is 47.5 Å². The number of amides is 1. The molecule has 0 saturated carbocycles. The molecule has 1 amide bonds. The smallest absolute Gasteiger partial charge is 0.229 e. The minimum absolute atomic E-state index is 0.111. The van der Waals surface area contributed by atoms with E-state index in [0.717, 1.165) is 16.8 Å². The van der Waals surface area contributed by atoms with Crippen LogP contribution in [0.2, 0.25) is 10.0 Å². The van der Waals surface area contributed by atoms with Crippen molar-refractivity contribution < 1.29 is 9.18 Å². The van der Waals surface area contributed by atoms with Gasteiger partial charge in [0.1, 0.15) is 23.0 Å². The van der Waals surface area contributed by atoms with Gasteiger partial charge in [0.25, 0.3) is 0 Å². The van der Waals surface area contributed by atoms with E-state index in [0.29, 0.717) is 27.1 Å². The molecule has 1 N–H and O–H groups in total. The van der Waals surface area contributed by atoms with Crippen LogP contribution in [0.4, 0.5) is 10.2 Å². The molecule has 2 heterocycles. The van der Waals surface area contributed by atoms with Gasteiger partial charge < -0.3 is 5.32 Å². The van der Waals surface area contributed by atoms with Crippen LogP contribution >= 0.6 is 23.2 Å². The van der Waals surface area contributed by atoms with Gasteiger partial charge in [0.15, 0.2) is 0 Å². The summed E-state index contributed by atoms with van der Waals surface area (Å²) >= 11 is 12.2. The monoisotopic (exact) mass is 427 g/mol. The molecule has 146 valence electrons. The van der Waals surface area contributed by atoms with Gasteiger partial charge in [0, 0.05) is 11.8 Å². The van der Waals surface area contributed by atoms with E-state index < -0.39 is 0 Å². The van der Waals surface area contributed by atoms with Crippen LogP contribution in [0.1, 0.15) is 11.1 Å². The molecule has 0 aliphatic carbocycles. The number of hydrogen-bond acceptors (Lipinski definition) is 2. The lowest BCUT2D eigenvalue weighted by molar-refractivity contribution is -0.115. The molecular weight excluding hydrogens is 412 g/mol. The molecule has 0 unspecified atom stereocenters. The molecule has 4 nitrogen and oxygen atoms in total. The summed E-state index contributed by atoms with van der Waals surface area (Å²) in [4.78, 5) is 17.4. The average Bonchev–Trinajstić information content (AvgIpc) is 3.06. The van der Waals surface area contributed by atoms with E-state index in [1.54, 1.807) is 30.3 Å². The Balaban J connectivity index is 1.75. The van der Waals surface area contributed by atoms with Crippen LogP contribution in [0.3, 0.4) is 0 Å². The summed E-state index contributed by atoms with van der Waals surface area (Å²) in [7, 11) is 0. The Morgan fingerprint density at radius 2 is 1.86 bits per heavy atom. The number of imidazole rings is 1. The van der Waals surface area contributed by atoms with Crippen molar-refractivity contribution in [2.24, 2.45) is 0 Å². The number of fused-ring (bicyclic) bond motifs is 1. The number of carbonyl (C=O) groups is 1. The van der Waals surface area contributed by atoms with Crippen LogP contribution < -0.4 is 5.32 Å². The maximum Gasteiger partial charge on any atom is 0.229 e. The molecule has 0 saturated heterocycles. The van der Waals surface area contributed by atoms with Crippen molar-refractivity contribution in [1.29, 1.82) is 0 Å². The van der Waals surface area contributed by atoms with Gasteiger partial charge in [-0.2, -0.15) is 0 Å². The lowest BCUT2D eigenvalue weighted by Crippen LogP contribution is -2.16. The van der Waals surface area contributed by atoms with E-state index in [2.05, 4.69) is 5.32 Å². The number of aromatic nitrogens is 2. The SMILES string of the molecule is Cc1cccn2c(NC(=O)Cc3ccc(F)cc3)c(-c3ccc(Cl)c(Cl)c3)nc12. The molecule has 0 aliphatic heterocycles. The Morgan fingerprint density at radius 1 is 1.10 bits per heavy atom. The van der Waals surface area contributed by atoms with E-state index in [9.17, 15) is 9.18 Å². The minimum Gasteiger partial charge on any atom is -0.310 e. The Hall–Kier alpha value is -2.89. The largest absolute Gasteiger partial charge is 0.310 e. The maximum atomic E-state index is 13.1. The predicted molar refractivity (Wildman–Crippen MR) is 114 cm³/mol. The lowest BCUT2D eigenvalue weighted by Gasteiger charge is -2.09. The normalized spacial score (nSPS) is 11.0. The molecule has 0 fully saturated rings. The van der Waals surface area contributed by atoms with Crippen molar-refractivity contribution in [2.45, 2.75) is 13.3 Å². The van der Waals surface area contributed by atoms with Crippen LogP contribution in [-0.4, -0.2) is 15.3 Å². The van der Waals surface area contributed by atoms with Crippen molar-refractivity contribution in [3.05, 3.63) is 87.8 Å². The highest BCUT2D eigenvalue weighted by Gasteiger charge is 2.18. The molecule has 4 rings (SSSR count). The fraction of sp³-hybridized carbons (Fsp3) is 0.0909. The fourth-order valence-electron chi connectivity index (χ4n) is 3.13. The van der Waals surface area contributed by atoms with Gasteiger partial charge in [-0.15, -0.1) is 0 Å². The number of benzene rings is 2. The van der Waals surface area contributed by atoms with E-state index >= 15 is 0 Å². The van der Waals surface area contributed by atoms with Crippen molar-refractivity contribution in [1.82, 2.24) is 9.38 Å². The molecule has 0 bridgehead atoms. The second kappa shape index (κ2) is 7.85. The molecule has 29 heavy (non-hydrogen) atoms. The van der Waals surface area contributed by atoms with E-state index in [1.165, 1.54) is 12.1 Å². The summed E-state index contributed by atoms with van der Waals surface area (Å²) < 4.78 is 14.9. The first-order chi connectivity index (χ1) is 13.9. The van der Waals surface area contributed by atoms with Gasteiger partial charge in [0.2, 0.25) is 5.91 Å². The van der Waals surface area contributed by atoms with E-state index in [4.69, 9.17) is 28.2 Å². The Labute approximate surface area is 176 Å². The highest BCUT2D eigenvalue weighted by molar-refractivity contribution is 6.42. The molecule has 7 heteroatoms. The standard InChI is InChI=1S/C22H16Cl2FN3O/c1-13-3-2-10-28-21(13)27-20(15-6-9-17(23)18(24)12-15)22(28)26-19(29)11-14-4-7-16(25)8-5-14/h2-10,12H,11H2,1H3,(H,26,29). The second-order valence-corrected chi connectivity index (χ2v) is 7.49. The van der Waals surface area contributed by atoms with Gasteiger partial charge in [0.05, 0.1) is 16.5 Å². The van der Waals surface area contributed by atoms with Gasteiger partial charge in [-0.05, 0) is 48.4 Å². The predicted octanol–water partition coefficient (Wildman–Crippen LogP) is 5.94. The number of halogens is 3. The molecule has 0 atom stereocenters. The van der Waals surface area contributed by atoms with Gasteiger partial charge in [-0.3, -0.25) is 9.20 Å². The Morgan fingerprint density at radius 3 is 2.59 bits per heavy atom. The number of anilines is 1. The molecule has 2 aromatic carbocycles. The molecule has 0 radical (unpaired) electrons. The number of hydrogen-bond donors (Lipinski definition) is 1. The van der Waals surface area contributed by atoms with Crippen LogP contribution in [0.15, 0.2) is 60.8 Å². The Kier molecular flexibility index (Phi) is 5.26. The molecular formula is C22H16Cl2FN3O. The molecule has 0 spiro atoms. The van der Waals surface area contributed by atoms with Crippen LogP contribution in [0.25, 0.3) is 16.9 Å². The highest BCUT2D eigenvalue weighted by atomic mass is 35.5. The van der Waals surface area contributed by atoms with Crippen molar-refractivity contribution in [2.75, 3.05) is 5.32 Å². The average molecular weight is 428 g/mol. The van der Waals surface area contributed by atoms with Crippen LogP contribution in [0, 0.1) is 12.7 Å². The summed E-state index contributed by atoms with van der Waals surface area (Å²) in [5, 5.41) is 3.79. The first-order valence-corrected chi connectivity index (χ1v) is 9.65. The van der Waals surface area contributed by atoms with Crippen molar-refractivity contribution in [3.63, 3.8) is 0 Å².